The summed E-state index contributed by atoms with van der Waals surface area (Å²) in [5.74, 6) is 1.45. The van der Waals surface area contributed by atoms with Crippen LogP contribution in [0.15, 0.2) is 36.4 Å². The van der Waals surface area contributed by atoms with E-state index in [9.17, 15) is 15.2 Å². The Kier molecular flexibility index (Phi) is 7.49. The predicted octanol–water partition coefficient (Wildman–Crippen LogP) is 3.62. The molecule has 8 heteroatoms. The zero-order chi connectivity index (χ0) is 22.4. The summed E-state index contributed by atoms with van der Waals surface area (Å²) in [5, 5.41) is 21.5. The number of rotatable bonds is 9. The van der Waals surface area contributed by atoms with E-state index in [1.54, 1.807) is 13.2 Å². The first-order chi connectivity index (χ1) is 15.0. The van der Waals surface area contributed by atoms with Gasteiger partial charge in [-0.1, -0.05) is 12.1 Å². The largest absolute Gasteiger partial charge is 0.497 e. The van der Waals surface area contributed by atoms with Crippen molar-refractivity contribution in [2.24, 2.45) is 0 Å². The molecule has 0 amide bonds. The van der Waals surface area contributed by atoms with E-state index in [0.717, 1.165) is 36.3 Å². The summed E-state index contributed by atoms with van der Waals surface area (Å²) in [6, 6.07) is 10.7. The van der Waals surface area contributed by atoms with Gasteiger partial charge in [-0.2, -0.15) is 0 Å². The molecule has 1 aliphatic heterocycles. The molecule has 0 saturated carbocycles. The number of ether oxygens (including phenoxy) is 3. The molecule has 0 bridgehead atoms. The number of hydrogen-bond donors (Lipinski definition) is 1. The highest BCUT2D eigenvalue weighted by molar-refractivity contribution is 5.86. The molecule has 8 nitrogen and oxygen atoms in total. The number of benzene rings is 2. The lowest BCUT2D eigenvalue weighted by Gasteiger charge is -2.24. The van der Waals surface area contributed by atoms with Crippen molar-refractivity contribution >= 4 is 17.3 Å². The Morgan fingerprint density at radius 2 is 1.84 bits per heavy atom. The zero-order valence-corrected chi connectivity index (χ0v) is 18.0. The van der Waals surface area contributed by atoms with Crippen LogP contribution in [-0.2, 0) is 0 Å². The molecule has 1 fully saturated rings. The Bertz CT molecular complexity index is 942. The molecule has 166 valence electrons. The number of aliphatic hydroxyl groups excluding tert-OH is 1. The molecule has 1 heterocycles. The first kappa shape index (κ1) is 22.6. The van der Waals surface area contributed by atoms with Gasteiger partial charge in [0.15, 0.2) is 11.5 Å². The van der Waals surface area contributed by atoms with Crippen molar-refractivity contribution < 1.29 is 24.2 Å². The van der Waals surface area contributed by atoms with Crippen molar-refractivity contribution in [1.82, 2.24) is 4.90 Å². The zero-order valence-electron chi connectivity index (χ0n) is 18.0. The molecule has 1 unspecified atom stereocenters. The molecule has 1 atom stereocenters. The van der Waals surface area contributed by atoms with E-state index in [4.69, 9.17) is 14.2 Å². The first-order valence-corrected chi connectivity index (χ1v) is 10.1. The Morgan fingerprint density at radius 1 is 1.16 bits per heavy atom. The minimum atomic E-state index is -0.425. The van der Waals surface area contributed by atoms with Crippen LogP contribution in [-0.4, -0.2) is 62.0 Å². The molecule has 2 aromatic carbocycles. The highest BCUT2D eigenvalue weighted by atomic mass is 16.6. The van der Waals surface area contributed by atoms with Crippen LogP contribution in [0.25, 0.3) is 11.6 Å². The number of aliphatic hydroxyl groups is 1. The fourth-order valence-corrected chi connectivity index (χ4v) is 3.90. The summed E-state index contributed by atoms with van der Waals surface area (Å²) in [5.41, 5.74) is 2.18. The molecule has 3 rings (SSSR count). The number of nitrogens with zero attached hydrogens (tertiary/aromatic N) is 2. The van der Waals surface area contributed by atoms with Crippen molar-refractivity contribution in [3.05, 3.63) is 57.6 Å². The molecule has 0 spiro atoms. The lowest BCUT2D eigenvalue weighted by Crippen LogP contribution is -2.33. The Hall–Kier alpha value is -3.10. The third-order valence-corrected chi connectivity index (χ3v) is 5.60. The average molecular weight is 428 g/mol. The van der Waals surface area contributed by atoms with E-state index < -0.39 is 4.92 Å². The van der Waals surface area contributed by atoms with Gasteiger partial charge in [0, 0.05) is 12.6 Å². The summed E-state index contributed by atoms with van der Waals surface area (Å²) in [4.78, 5) is 13.5. The molecular weight excluding hydrogens is 400 g/mol. The lowest BCUT2D eigenvalue weighted by atomic mass is 10.0. The molecule has 0 radical (unpaired) electrons. The Balaban J connectivity index is 2.10. The van der Waals surface area contributed by atoms with E-state index in [2.05, 4.69) is 4.90 Å². The standard InChI is InChI=1S/C23H28N2O6/c1-29-20-8-6-16(7-9-20)18(14-24-10-4-5-19(24)15-26)11-17-12-22(30-2)23(31-3)13-21(17)25(27)28/h6-9,11-13,19,26H,4-5,10,14-15H2,1-3H3/b18-11-. The van der Waals surface area contributed by atoms with Gasteiger partial charge in [-0.3, -0.25) is 15.0 Å². The van der Waals surface area contributed by atoms with Crippen LogP contribution in [0.4, 0.5) is 5.69 Å². The number of hydrogen-bond acceptors (Lipinski definition) is 7. The van der Waals surface area contributed by atoms with E-state index in [-0.39, 0.29) is 18.3 Å². The van der Waals surface area contributed by atoms with Crippen LogP contribution in [0, 0.1) is 10.1 Å². The lowest BCUT2D eigenvalue weighted by molar-refractivity contribution is -0.385. The molecular formula is C23H28N2O6. The fourth-order valence-electron chi connectivity index (χ4n) is 3.90. The predicted molar refractivity (Wildman–Crippen MR) is 119 cm³/mol. The second kappa shape index (κ2) is 10.3. The number of likely N-dealkylation sites (tertiary alicyclic amines) is 1. The third kappa shape index (κ3) is 5.15. The van der Waals surface area contributed by atoms with Gasteiger partial charge in [-0.15, -0.1) is 0 Å². The first-order valence-electron chi connectivity index (χ1n) is 10.1. The van der Waals surface area contributed by atoms with Gasteiger partial charge in [0.25, 0.3) is 5.69 Å². The van der Waals surface area contributed by atoms with Gasteiger partial charge in [0.2, 0.25) is 0 Å². The van der Waals surface area contributed by atoms with Gasteiger partial charge in [-0.25, -0.2) is 0 Å². The van der Waals surface area contributed by atoms with Crippen LogP contribution in [0.2, 0.25) is 0 Å². The van der Waals surface area contributed by atoms with Gasteiger partial charge < -0.3 is 19.3 Å². The SMILES string of the molecule is COc1ccc(/C(=C\c2cc(OC)c(OC)cc2[N+](=O)[O-])CN2CCCC2CO)cc1. The summed E-state index contributed by atoms with van der Waals surface area (Å²) < 4.78 is 15.9. The van der Waals surface area contributed by atoms with Crippen LogP contribution in [0.3, 0.4) is 0 Å². The summed E-state index contributed by atoms with van der Waals surface area (Å²) in [7, 11) is 4.55. The van der Waals surface area contributed by atoms with Crippen molar-refractivity contribution in [1.29, 1.82) is 0 Å². The number of nitro groups is 1. The molecule has 0 aromatic heterocycles. The van der Waals surface area contributed by atoms with Crippen LogP contribution >= 0.6 is 0 Å². The van der Waals surface area contributed by atoms with Crippen molar-refractivity contribution in [3.63, 3.8) is 0 Å². The second-order valence-corrected chi connectivity index (χ2v) is 7.37. The van der Waals surface area contributed by atoms with E-state index in [1.807, 2.05) is 30.3 Å². The van der Waals surface area contributed by atoms with Gasteiger partial charge in [-0.05, 0) is 54.8 Å². The summed E-state index contributed by atoms with van der Waals surface area (Å²) in [6.45, 7) is 1.52. The Labute approximate surface area is 181 Å². The maximum Gasteiger partial charge on any atom is 0.280 e. The maximum atomic E-state index is 11.8. The number of nitro benzene ring substituents is 1. The van der Waals surface area contributed by atoms with E-state index in [0.29, 0.717) is 23.6 Å². The van der Waals surface area contributed by atoms with Crippen LogP contribution in [0.1, 0.15) is 24.0 Å². The maximum absolute atomic E-state index is 11.8. The minimum absolute atomic E-state index is 0.0659. The molecule has 0 aliphatic carbocycles. The molecule has 2 aromatic rings. The van der Waals surface area contributed by atoms with Crippen LogP contribution in [0.5, 0.6) is 17.2 Å². The molecule has 1 saturated heterocycles. The number of methoxy groups -OCH3 is 3. The molecule has 31 heavy (non-hydrogen) atoms. The van der Waals surface area contributed by atoms with E-state index >= 15 is 0 Å². The van der Waals surface area contributed by atoms with Gasteiger partial charge >= 0.3 is 0 Å². The Morgan fingerprint density at radius 3 is 2.42 bits per heavy atom. The van der Waals surface area contributed by atoms with Gasteiger partial charge in [0.05, 0.1) is 44.5 Å². The summed E-state index contributed by atoms with van der Waals surface area (Å²) in [6.07, 6.45) is 3.76. The van der Waals surface area contributed by atoms with Crippen molar-refractivity contribution in [3.8, 4) is 17.2 Å². The average Bonchev–Trinajstić information content (AvgIpc) is 3.25. The highest BCUT2D eigenvalue weighted by Crippen LogP contribution is 2.37. The molecule has 1 N–H and O–H groups in total. The van der Waals surface area contributed by atoms with Crippen molar-refractivity contribution in [2.75, 3.05) is 41.0 Å². The normalized spacial score (nSPS) is 16.9. The highest BCUT2D eigenvalue weighted by Gasteiger charge is 2.25. The smallest absolute Gasteiger partial charge is 0.280 e. The van der Waals surface area contributed by atoms with Crippen LogP contribution < -0.4 is 14.2 Å². The third-order valence-electron chi connectivity index (χ3n) is 5.60. The monoisotopic (exact) mass is 428 g/mol. The quantitative estimate of drug-likeness (QED) is 0.370. The topological polar surface area (TPSA) is 94.3 Å². The minimum Gasteiger partial charge on any atom is -0.497 e. The second-order valence-electron chi connectivity index (χ2n) is 7.37. The fraction of sp³-hybridized carbons (Fsp3) is 0.391. The summed E-state index contributed by atoms with van der Waals surface area (Å²) >= 11 is 0. The van der Waals surface area contributed by atoms with Gasteiger partial charge in [0.1, 0.15) is 5.75 Å². The molecule has 1 aliphatic rings. The van der Waals surface area contributed by atoms with Crippen molar-refractivity contribution in [2.45, 2.75) is 18.9 Å². The van der Waals surface area contributed by atoms with E-state index in [1.165, 1.54) is 20.3 Å².